The van der Waals surface area contributed by atoms with E-state index in [1.54, 1.807) is 6.07 Å². The molecule has 1 unspecified atom stereocenters. The van der Waals surface area contributed by atoms with Gasteiger partial charge in [0, 0.05) is 24.2 Å². The summed E-state index contributed by atoms with van der Waals surface area (Å²) in [4.78, 5) is 15.9. The van der Waals surface area contributed by atoms with Crippen LogP contribution < -0.4 is 11.1 Å². The summed E-state index contributed by atoms with van der Waals surface area (Å²) in [5.41, 5.74) is 7.46. The Morgan fingerprint density at radius 3 is 3.12 bits per heavy atom. The maximum absolute atomic E-state index is 11.8. The van der Waals surface area contributed by atoms with Crippen molar-refractivity contribution in [3.05, 3.63) is 23.5 Å². The van der Waals surface area contributed by atoms with E-state index >= 15 is 0 Å². The molecule has 1 atom stereocenters. The lowest BCUT2D eigenvalue weighted by molar-refractivity contribution is 0.0930. The van der Waals surface area contributed by atoms with Gasteiger partial charge in [0.1, 0.15) is 0 Å². The lowest BCUT2D eigenvalue weighted by atomic mass is 10.2. The van der Waals surface area contributed by atoms with Crippen molar-refractivity contribution < 1.29 is 9.53 Å². The van der Waals surface area contributed by atoms with Crippen LogP contribution in [-0.4, -0.2) is 30.1 Å². The number of carbonyl (C=O) groups excluding carboxylic acids is 1. The van der Waals surface area contributed by atoms with Crippen molar-refractivity contribution in [2.45, 2.75) is 19.4 Å². The molecule has 0 bridgehead atoms. The highest BCUT2D eigenvalue weighted by molar-refractivity contribution is 5.99. The van der Waals surface area contributed by atoms with Gasteiger partial charge in [0.15, 0.2) is 0 Å². The van der Waals surface area contributed by atoms with Crippen LogP contribution in [0.15, 0.2) is 12.3 Å². The third-order valence-electron chi connectivity index (χ3n) is 2.58. The van der Waals surface area contributed by atoms with E-state index in [-0.39, 0.29) is 11.9 Å². The second kappa shape index (κ2) is 4.49. The molecule has 3 N–H and O–H groups in total. The number of nitrogen functional groups attached to an aromatic ring is 1. The number of hydrogen-bond donors (Lipinski definition) is 2. The number of nitrogens with zero attached hydrogens (tertiary/aromatic N) is 1. The number of aromatic nitrogens is 1. The molecule has 5 nitrogen and oxygen atoms in total. The summed E-state index contributed by atoms with van der Waals surface area (Å²) in [5.74, 6) is -0.180. The van der Waals surface area contributed by atoms with Crippen LogP contribution in [0.25, 0.3) is 0 Å². The SMILES string of the molecule is Cc1cc(N)c(C(=O)NC2CCOC2)cn1. The van der Waals surface area contributed by atoms with Crippen molar-refractivity contribution in [1.29, 1.82) is 0 Å². The predicted octanol–water partition coefficient (Wildman–Crippen LogP) is 0.491. The fraction of sp³-hybridized carbons (Fsp3) is 0.455. The number of aryl methyl sites for hydroxylation is 1. The minimum atomic E-state index is -0.180. The second-order valence-corrected chi connectivity index (χ2v) is 3.95. The van der Waals surface area contributed by atoms with Gasteiger partial charge in [-0.25, -0.2) is 0 Å². The highest BCUT2D eigenvalue weighted by Crippen LogP contribution is 2.12. The number of carbonyl (C=O) groups is 1. The zero-order valence-electron chi connectivity index (χ0n) is 9.19. The molecule has 0 radical (unpaired) electrons. The number of rotatable bonds is 2. The minimum absolute atomic E-state index is 0.0909. The second-order valence-electron chi connectivity index (χ2n) is 3.95. The van der Waals surface area contributed by atoms with Gasteiger partial charge in [-0.1, -0.05) is 0 Å². The van der Waals surface area contributed by atoms with Crippen LogP contribution in [0.4, 0.5) is 5.69 Å². The van der Waals surface area contributed by atoms with Crippen LogP contribution in [0.2, 0.25) is 0 Å². The molecule has 2 rings (SSSR count). The van der Waals surface area contributed by atoms with Crippen LogP contribution >= 0.6 is 0 Å². The van der Waals surface area contributed by atoms with Crippen molar-refractivity contribution in [1.82, 2.24) is 10.3 Å². The summed E-state index contributed by atoms with van der Waals surface area (Å²) >= 11 is 0. The van der Waals surface area contributed by atoms with Gasteiger partial charge in [0.05, 0.1) is 18.2 Å². The monoisotopic (exact) mass is 221 g/mol. The van der Waals surface area contributed by atoms with E-state index in [0.717, 1.165) is 12.1 Å². The molecule has 1 aliphatic rings. The number of nitrogens with two attached hydrogens (primary N) is 1. The predicted molar refractivity (Wildman–Crippen MR) is 60.1 cm³/mol. The summed E-state index contributed by atoms with van der Waals surface area (Å²) in [6.45, 7) is 3.11. The van der Waals surface area contributed by atoms with E-state index in [1.807, 2.05) is 6.92 Å². The number of amides is 1. The Balaban J connectivity index is 2.08. The first-order valence-electron chi connectivity index (χ1n) is 5.27. The van der Waals surface area contributed by atoms with E-state index in [0.29, 0.717) is 24.5 Å². The van der Waals surface area contributed by atoms with Crippen LogP contribution in [0.5, 0.6) is 0 Å². The highest BCUT2D eigenvalue weighted by Gasteiger charge is 2.19. The van der Waals surface area contributed by atoms with E-state index < -0.39 is 0 Å². The summed E-state index contributed by atoms with van der Waals surface area (Å²) in [6.07, 6.45) is 2.36. The van der Waals surface area contributed by atoms with Crippen molar-refractivity contribution in [3.8, 4) is 0 Å². The fourth-order valence-corrected chi connectivity index (χ4v) is 1.68. The molecular weight excluding hydrogens is 206 g/mol. The Kier molecular flexibility index (Phi) is 3.05. The molecule has 5 heteroatoms. The van der Waals surface area contributed by atoms with Crippen LogP contribution in [0, 0.1) is 6.92 Å². The number of pyridine rings is 1. The molecule has 0 aliphatic carbocycles. The Morgan fingerprint density at radius 1 is 1.69 bits per heavy atom. The number of nitrogens with one attached hydrogen (secondary N) is 1. The average Bonchev–Trinajstić information content (AvgIpc) is 2.70. The lowest BCUT2D eigenvalue weighted by Gasteiger charge is -2.11. The van der Waals surface area contributed by atoms with E-state index in [1.165, 1.54) is 6.20 Å². The molecule has 1 fully saturated rings. The molecular formula is C11H15N3O2. The Bertz CT molecular complexity index is 400. The quantitative estimate of drug-likeness (QED) is 0.762. The summed E-state index contributed by atoms with van der Waals surface area (Å²) < 4.78 is 5.18. The van der Waals surface area contributed by atoms with Gasteiger partial charge in [0.25, 0.3) is 5.91 Å². The first-order valence-corrected chi connectivity index (χ1v) is 5.27. The van der Waals surface area contributed by atoms with Crippen molar-refractivity contribution >= 4 is 11.6 Å². The van der Waals surface area contributed by atoms with Gasteiger partial charge in [-0.05, 0) is 19.4 Å². The Morgan fingerprint density at radius 2 is 2.50 bits per heavy atom. The number of anilines is 1. The van der Waals surface area contributed by atoms with Crippen molar-refractivity contribution in [3.63, 3.8) is 0 Å². The zero-order valence-corrected chi connectivity index (χ0v) is 9.19. The molecule has 0 spiro atoms. The smallest absolute Gasteiger partial charge is 0.255 e. The third kappa shape index (κ3) is 2.30. The molecule has 1 amide bonds. The Hall–Kier alpha value is -1.62. The average molecular weight is 221 g/mol. The van der Waals surface area contributed by atoms with Crippen LogP contribution in [-0.2, 0) is 4.74 Å². The van der Waals surface area contributed by atoms with E-state index in [2.05, 4.69) is 10.3 Å². The molecule has 0 aromatic carbocycles. The maximum Gasteiger partial charge on any atom is 0.255 e. The molecule has 1 aromatic heterocycles. The van der Waals surface area contributed by atoms with Gasteiger partial charge in [-0.15, -0.1) is 0 Å². The molecule has 2 heterocycles. The van der Waals surface area contributed by atoms with E-state index in [4.69, 9.17) is 10.5 Å². The maximum atomic E-state index is 11.8. The normalized spacial score (nSPS) is 19.7. The number of hydrogen-bond acceptors (Lipinski definition) is 4. The minimum Gasteiger partial charge on any atom is -0.398 e. The number of ether oxygens (including phenoxy) is 1. The highest BCUT2D eigenvalue weighted by atomic mass is 16.5. The van der Waals surface area contributed by atoms with Gasteiger partial charge < -0.3 is 15.8 Å². The summed E-state index contributed by atoms with van der Waals surface area (Å²) in [6, 6.07) is 1.79. The van der Waals surface area contributed by atoms with Crippen LogP contribution in [0.1, 0.15) is 22.5 Å². The zero-order chi connectivity index (χ0) is 11.5. The van der Waals surface area contributed by atoms with Gasteiger partial charge in [0.2, 0.25) is 0 Å². The fourth-order valence-electron chi connectivity index (χ4n) is 1.68. The van der Waals surface area contributed by atoms with Crippen LogP contribution in [0.3, 0.4) is 0 Å². The topological polar surface area (TPSA) is 77.2 Å². The molecule has 1 aliphatic heterocycles. The van der Waals surface area contributed by atoms with Gasteiger partial charge >= 0.3 is 0 Å². The van der Waals surface area contributed by atoms with E-state index in [9.17, 15) is 4.79 Å². The van der Waals surface area contributed by atoms with Crippen molar-refractivity contribution in [2.24, 2.45) is 0 Å². The van der Waals surface area contributed by atoms with Crippen molar-refractivity contribution in [2.75, 3.05) is 18.9 Å². The summed E-state index contributed by atoms with van der Waals surface area (Å²) in [7, 11) is 0. The molecule has 1 saturated heterocycles. The first kappa shape index (κ1) is 10.9. The molecule has 0 saturated carbocycles. The molecule has 16 heavy (non-hydrogen) atoms. The lowest BCUT2D eigenvalue weighted by Crippen LogP contribution is -2.35. The molecule has 1 aromatic rings. The third-order valence-corrected chi connectivity index (χ3v) is 2.58. The summed E-state index contributed by atoms with van der Waals surface area (Å²) in [5, 5.41) is 2.87. The first-order chi connectivity index (χ1) is 7.66. The standard InChI is InChI=1S/C11H15N3O2/c1-7-4-10(12)9(5-13-7)11(15)14-8-2-3-16-6-8/h4-5,8H,2-3,6H2,1H3,(H2,12,13)(H,14,15). The Labute approximate surface area is 94.0 Å². The van der Waals surface area contributed by atoms with Gasteiger partial charge in [-0.2, -0.15) is 0 Å². The molecule has 86 valence electrons. The van der Waals surface area contributed by atoms with Gasteiger partial charge in [-0.3, -0.25) is 9.78 Å². The largest absolute Gasteiger partial charge is 0.398 e.